The molecule has 0 bridgehead atoms. The fourth-order valence-electron chi connectivity index (χ4n) is 4.10. The minimum Gasteiger partial charge on any atom is -0.427 e. The SMILES string of the molecule is CC(C)(O)C(C)(C)OBc1ccccc1-c1ccccc1-c1ccc(-c2nc3ccccc3s2)cc1. The van der Waals surface area contributed by atoms with Gasteiger partial charge in [0, 0.05) is 5.56 Å². The smallest absolute Gasteiger partial charge is 0.310 e. The molecule has 1 aromatic heterocycles. The molecule has 5 rings (SSSR count). The highest BCUT2D eigenvalue weighted by molar-refractivity contribution is 7.21. The number of rotatable bonds is 7. The highest BCUT2D eigenvalue weighted by Gasteiger charge is 2.35. The van der Waals surface area contributed by atoms with Gasteiger partial charge in [0.2, 0.25) is 0 Å². The van der Waals surface area contributed by atoms with Gasteiger partial charge < -0.3 is 9.76 Å². The third-order valence-corrected chi connectivity index (χ3v) is 8.12. The van der Waals surface area contributed by atoms with Crippen molar-refractivity contribution in [1.82, 2.24) is 4.98 Å². The first-order valence-electron chi connectivity index (χ1n) is 12.2. The second kappa shape index (κ2) is 9.66. The summed E-state index contributed by atoms with van der Waals surface area (Å²) in [7, 11) is 0.415. The quantitative estimate of drug-likeness (QED) is 0.254. The predicted octanol–water partition coefficient (Wildman–Crippen LogP) is 6.84. The molecule has 0 fully saturated rings. The second-order valence-corrected chi connectivity index (χ2v) is 11.2. The highest BCUT2D eigenvalue weighted by atomic mass is 32.1. The van der Waals surface area contributed by atoms with Gasteiger partial charge in [-0.2, -0.15) is 0 Å². The van der Waals surface area contributed by atoms with Gasteiger partial charge in [0.05, 0.1) is 21.4 Å². The molecule has 5 heteroatoms. The lowest BCUT2D eigenvalue weighted by atomic mass is 9.78. The van der Waals surface area contributed by atoms with Gasteiger partial charge in [-0.25, -0.2) is 4.98 Å². The topological polar surface area (TPSA) is 42.4 Å². The number of nitrogens with zero attached hydrogens (tertiary/aromatic N) is 1. The Labute approximate surface area is 217 Å². The molecule has 0 aliphatic carbocycles. The predicted molar refractivity (Wildman–Crippen MR) is 154 cm³/mol. The molecule has 0 aliphatic rings. The number of benzene rings is 4. The Hall–Kier alpha value is -3.25. The maximum atomic E-state index is 10.5. The molecule has 180 valence electrons. The van der Waals surface area contributed by atoms with E-state index in [4.69, 9.17) is 9.64 Å². The number of hydrogen-bond acceptors (Lipinski definition) is 4. The molecule has 0 spiro atoms. The molecule has 36 heavy (non-hydrogen) atoms. The van der Waals surface area contributed by atoms with Crippen LogP contribution in [0.5, 0.6) is 0 Å². The van der Waals surface area contributed by atoms with Crippen LogP contribution in [0, 0.1) is 0 Å². The zero-order valence-electron chi connectivity index (χ0n) is 21.2. The first kappa shape index (κ1) is 24.4. The maximum Gasteiger partial charge on any atom is 0.310 e. The number of fused-ring (bicyclic) bond motifs is 1. The summed E-state index contributed by atoms with van der Waals surface area (Å²) in [5.41, 5.74) is 6.24. The zero-order chi connectivity index (χ0) is 25.3. The third-order valence-electron chi connectivity index (χ3n) is 7.03. The van der Waals surface area contributed by atoms with Crippen LogP contribution in [0.3, 0.4) is 0 Å². The summed E-state index contributed by atoms with van der Waals surface area (Å²) >= 11 is 1.72. The third kappa shape index (κ3) is 4.87. The number of hydrogen-bond donors (Lipinski definition) is 1. The minimum atomic E-state index is -0.954. The lowest BCUT2D eigenvalue weighted by molar-refractivity contribution is -0.0893. The largest absolute Gasteiger partial charge is 0.427 e. The fourth-order valence-corrected chi connectivity index (χ4v) is 5.07. The van der Waals surface area contributed by atoms with Gasteiger partial charge in [-0.3, -0.25) is 0 Å². The van der Waals surface area contributed by atoms with E-state index in [1.54, 1.807) is 25.2 Å². The van der Waals surface area contributed by atoms with Crippen LogP contribution in [0.2, 0.25) is 0 Å². The van der Waals surface area contributed by atoms with E-state index in [0.29, 0.717) is 7.48 Å². The van der Waals surface area contributed by atoms with Crippen molar-refractivity contribution in [1.29, 1.82) is 0 Å². The summed E-state index contributed by atoms with van der Waals surface area (Å²) in [4.78, 5) is 4.81. The van der Waals surface area contributed by atoms with Gasteiger partial charge >= 0.3 is 7.48 Å². The monoisotopic (exact) mass is 491 g/mol. The Morgan fingerprint density at radius 3 is 1.97 bits per heavy atom. The number of thiazole rings is 1. The molecule has 0 aliphatic heterocycles. The first-order chi connectivity index (χ1) is 17.2. The average molecular weight is 491 g/mol. The van der Waals surface area contributed by atoms with E-state index in [9.17, 15) is 5.11 Å². The molecule has 0 radical (unpaired) electrons. The molecule has 4 aromatic carbocycles. The van der Waals surface area contributed by atoms with E-state index in [-0.39, 0.29) is 0 Å². The van der Waals surface area contributed by atoms with Crippen LogP contribution < -0.4 is 5.46 Å². The Morgan fingerprint density at radius 2 is 1.28 bits per heavy atom. The maximum absolute atomic E-state index is 10.5. The number of aromatic nitrogens is 1. The number of para-hydroxylation sites is 1. The van der Waals surface area contributed by atoms with E-state index in [1.807, 2.05) is 26.0 Å². The summed E-state index contributed by atoms with van der Waals surface area (Å²) in [5, 5.41) is 11.6. The standard InChI is InChI=1S/C31H30BNO2S/c1-30(2,34)31(3,4)35-32-26-14-8-7-13-25(26)24-12-6-5-11-23(24)21-17-19-22(20-18-21)29-33-27-15-9-10-16-28(27)36-29/h5-20,32,34H,1-4H3. The van der Waals surface area contributed by atoms with E-state index in [2.05, 4.69) is 84.9 Å². The van der Waals surface area contributed by atoms with Crippen LogP contribution in [0.4, 0.5) is 0 Å². The van der Waals surface area contributed by atoms with E-state index >= 15 is 0 Å². The molecule has 0 atom stereocenters. The zero-order valence-corrected chi connectivity index (χ0v) is 22.0. The van der Waals surface area contributed by atoms with E-state index < -0.39 is 11.2 Å². The van der Waals surface area contributed by atoms with Crippen molar-refractivity contribution in [3.05, 3.63) is 97.1 Å². The van der Waals surface area contributed by atoms with E-state index in [1.165, 1.54) is 10.3 Å². The van der Waals surface area contributed by atoms with Gasteiger partial charge in [0.15, 0.2) is 0 Å². The van der Waals surface area contributed by atoms with Crippen molar-refractivity contribution in [3.8, 4) is 32.8 Å². The van der Waals surface area contributed by atoms with Crippen molar-refractivity contribution in [2.24, 2.45) is 0 Å². The Balaban J connectivity index is 1.47. The average Bonchev–Trinajstić information content (AvgIpc) is 3.32. The molecule has 0 unspecified atom stereocenters. The lowest BCUT2D eigenvalue weighted by Crippen LogP contribution is -2.49. The van der Waals surface area contributed by atoms with Crippen molar-refractivity contribution in [2.45, 2.75) is 38.9 Å². The molecule has 1 N–H and O–H groups in total. The molecule has 5 aromatic rings. The molecule has 0 amide bonds. The molecule has 0 saturated heterocycles. The van der Waals surface area contributed by atoms with Gasteiger partial charge in [-0.1, -0.05) is 84.9 Å². The summed E-state index contributed by atoms with van der Waals surface area (Å²) in [6, 6.07) is 33.8. The molecular weight excluding hydrogens is 461 g/mol. The normalized spacial score (nSPS) is 12.1. The molecule has 3 nitrogen and oxygen atoms in total. The van der Waals surface area contributed by atoms with Gasteiger partial charge in [-0.15, -0.1) is 11.3 Å². The summed E-state index contributed by atoms with van der Waals surface area (Å²) in [6.07, 6.45) is 0. The van der Waals surface area contributed by atoms with Crippen LogP contribution in [0.15, 0.2) is 97.1 Å². The van der Waals surface area contributed by atoms with E-state index in [0.717, 1.165) is 38.2 Å². The van der Waals surface area contributed by atoms with Crippen molar-refractivity contribution < 1.29 is 9.76 Å². The second-order valence-electron chi connectivity index (χ2n) is 10.1. The Bertz CT molecular complexity index is 1470. The summed E-state index contributed by atoms with van der Waals surface area (Å²) in [6.45, 7) is 7.42. The first-order valence-corrected chi connectivity index (χ1v) is 13.0. The van der Waals surface area contributed by atoms with Crippen molar-refractivity contribution >= 4 is 34.5 Å². The lowest BCUT2D eigenvalue weighted by Gasteiger charge is -2.37. The van der Waals surface area contributed by atoms with Crippen molar-refractivity contribution in [2.75, 3.05) is 0 Å². The Morgan fingerprint density at radius 1 is 0.694 bits per heavy atom. The molecule has 1 heterocycles. The fraction of sp³-hybridized carbons (Fsp3) is 0.194. The van der Waals surface area contributed by atoms with Crippen molar-refractivity contribution in [3.63, 3.8) is 0 Å². The number of aliphatic hydroxyl groups is 1. The van der Waals surface area contributed by atoms with Crippen LogP contribution >= 0.6 is 11.3 Å². The summed E-state index contributed by atoms with van der Waals surface area (Å²) < 4.78 is 7.42. The molecular formula is C31H30BNO2S. The van der Waals surface area contributed by atoms with Gasteiger partial charge in [0.25, 0.3) is 0 Å². The Kier molecular flexibility index (Phi) is 6.56. The van der Waals surface area contributed by atoms with Gasteiger partial charge in [-0.05, 0) is 67.5 Å². The van der Waals surface area contributed by atoms with Crippen LogP contribution in [-0.4, -0.2) is 28.8 Å². The van der Waals surface area contributed by atoms with Crippen LogP contribution in [0.1, 0.15) is 27.7 Å². The van der Waals surface area contributed by atoms with Crippen LogP contribution in [-0.2, 0) is 4.65 Å². The minimum absolute atomic E-state index is 0.415. The molecule has 0 saturated carbocycles. The van der Waals surface area contributed by atoms with Crippen LogP contribution in [0.25, 0.3) is 43.0 Å². The highest BCUT2D eigenvalue weighted by Crippen LogP contribution is 2.35. The van der Waals surface area contributed by atoms with Gasteiger partial charge in [0.1, 0.15) is 5.01 Å². The summed E-state index contributed by atoms with van der Waals surface area (Å²) in [5.74, 6) is 0.